The van der Waals surface area contributed by atoms with Crippen LogP contribution < -0.4 is 4.74 Å². The molecule has 1 aliphatic carbocycles. The van der Waals surface area contributed by atoms with Crippen LogP contribution in [0.5, 0.6) is 5.75 Å². The number of rotatable bonds is 3. The largest absolute Gasteiger partial charge is 0.496 e. The van der Waals surface area contributed by atoms with Crippen molar-refractivity contribution in [2.45, 2.75) is 25.7 Å². The maximum absolute atomic E-state index is 12.7. The SMILES string of the molecule is COc1ccccc1-c1c(C)nn2c3c(nnc12)C(=O)C[C@H](c1ccco1)C3. The van der Waals surface area contributed by atoms with Crippen LogP contribution in [-0.4, -0.2) is 32.7 Å². The van der Waals surface area contributed by atoms with Gasteiger partial charge < -0.3 is 9.15 Å². The van der Waals surface area contributed by atoms with Crippen LogP contribution in [0.15, 0.2) is 47.1 Å². The third-order valence-electron chi connectivity index (χ3n) is 5.27. The van der Waals surface area contributed by atoms with Crippen molar-refractivity contribution in [2.24, 2.45) is 0 Å². The van der Waals surface area contributed by atoms with E-state index >= 15 is 0 Å². The summed E-state index contributed by atoms with van der Waals surface area (Å²) in [6.45, 7) is 1.93. The number of hydrogen-bond acceptors (Lipinski definition) is 6. The zero-order chi connectivity index (χ0) is 19.3. The van der Waals surface area contributed by atoms with Crippen LogP contribution in [0, 0.1) is 6.92 Å². The zero-order valence-corrected chi connectivity index (χ0v) is 15.5. The second kappa shape index (κ2) is 6.30. The number of aromatic nitrogens is 4. The van der Waals surface area contributed by atoms with Gasteiger partial charge in [-0.05, 0) is 25.1 Å². The van der Waals surface area contributed by atoms with E-state index in [-0.39, 0.29) is 11.7 Å². The molecule has 0 saturated carbocycles. The van der Waals surface area contributed by atoms with Gasteiger partial charge in [0.2, 0.25) is 0 Å². The molecule has 0 unspecified atom stereocenters. The van der Waals surface area contributed by atoms with Gasteiger partial charge in [-0.25, -0.2) is 4.52 Å². The number of methoxy groups -OCH3 is 1. The van der Waals surface area contributed by atoms with E-state index in [1.807, 2.05) is 43.3 Å². The number of para-hydroxylation sites is 1. The van der Waals surface area contributed by atoms with Crippen molar-refractivity contribution in [1.29, 1.82) is 0 Å². The van der Waals surface area contributed by atoms with Gasteiger partial charge in [0.05, 0.1) is 30.3 Å². The number of furan rings is 1. The molecule has 0 radical (unpaired) electrons. The van der Waals surface area contributed by atoms with Gasteiger partial charge >= 0.3 is 0 Å². The van der Waals surface area contributed by atoms with Crippen molar-refractivity contribution in [3.63, 3.8) is 0 Å². The van der Waals surface area contributed by atoms with E-state index in [4.69, 9.17) is 14.3 Å². The summed E-state index contributed by atoms with van der Waals surface area (Å²) in [6.07, 6.45) is 2.61. The van der Waals surface area contributed by atoms with E-state index in [0.717, 1.165) is 34.0 Å². The topological polar surface area (TPSA) is 82.5 Å². The molecule has 7 heteroatoms. The molecule has 0 N–H and O–H groups in total. The Bertz CT molecular complexity index is 1190. The highest BCUT2D eigenvalue weighted by Gasteiger charge is 2.32. The Hall–Kier alpha value is -3.48. The molecule has 1 atom stereocenters. The maximum Gasteiger partial charge on any atom is 0.185 e. The fraction of sp³-hybridized carbons (Fsp3) is 0.238. The van der Waals surface area contributed by atoms with E-state index in [1.54, 1.807) is 17.9 Å². The van der Waals surface area contributed by atoms with Crippen LogP contribution in [0.25, 0.3) is 16.8 Å². The first-order valence-corrected chi connectivity index (χ1v) is 9.12. The van der Waals surface area contributed by atoms with E-state index in [0.29, 0.717) is 24.2 Å². The summed E-state index contributed by atoms with van der Waals surface area (Å²) in [7, 11) is 1.64. The van der Waals surface area contributed by atoms with Gasteiger partial charge in [0.25, 0.3) is 0 Å². The van der Waals surface area contributed by atoms with Crippen LogP contribution in [0.2, 0.25) is 0 Å². The molecule has 140 valence electrons. The molecule has 1 aromatic carbocycles. The minimum atomic E-state index is -0.0379. The fourth-order valence-corrected chi connectivity index (χ4v) is 3.97. The van der Waals surface area contributed by atoms with E-state index in [1.165, 1.54) is 0 Å². The quantitative estimate of drug-likeness (QED) is 0.545. The van der Waals surface area contributed by atoms with Crippen molar-refractivity contribution in [3.8, 4) is 16.9 Å². The number of carbonyl (C=O) groups is 1. The van der Waals surface area contributed by atoms with Gasteiger partial charge in [-0.1, -0.05) is 18.2 Å². The van der Waals surface area contributed by atoms with Gasteiger partial charge in [0.15, 0.2) is 17.1 Å². The number of benzene rings is 1. The first-order chi connectivity index (χ1) is 13.7. The second-order valence-electron chi connectivity index (χ2n) is 6.94. The molecule has 5 rings (SSSR count). The summed E-state index contributed by atoms with van der Waals surface area (Å²) in [5.74, 6) is 1.48. The minimum absolute atomic E-state index is 0.0263. The number of hydrogen-bond donors (Lipinski definition) is 0. The summed E-state index contributed by atoms with van der Waals surface area (Å²) in [4.78, 5) is 12.7. The number of aryl methyl sites for hydroxylation is 1. The molecular formula is C21H18N4O3. The fourth-order valence-electron chi connectivity index (χ4n) is 3.97. The molecule has 3 heterocycles. The van der Waals surface area contributed by atoms with E-state index < -0.39 is 0 Å². The van der Waals surface area contributed by atoms with Crippen molar-refractivity contribution in [1.82, 2.24) is 19.8 Å². The Morgan fingerprint density at radius 3 is 2.79 bits per heavy atom. The first-order valence-electron chi connectivity index (χ1n) is 9.12. The normalized spacial score (nSPS) is 16.4. The number of nitrogens with zero attached hydrogens (tertiary/aromatic N) is 4. The van der Waals surface area contributed by atoms with Gasteiger partial charge in [0.1, 0.15) is 11.5 Å². The van der Waals surface area contributed by atoms with E-state index in [2.05, 4.69) is 10.2 Å². The monoisotopic (exact) mass is 374 g/mol. The highest BCUT2D eigenvalue weighted by molar-refractivity contribution is 5.97. The number of Topliss-reactive ketones (excluding diaryl/α,β-unsaturated/α-hetero) is 1. The number of ketones is 1. The predicted octanol–water partition coefficient (Wildman–Crippen LogP) is 3.61. The van der Waals surface area contributed by atoms with Crippen molar-refractivity contribution in [3.05, 3.63) is 65.5 Å². The van der Waals surface area contributed by atoms with Gasteiger partial charge in [-0.15, -0.1) is 10.2 Å². The average Bonchev–Trinajstić information content (AvgIpc) is 3.35. The lowest BCUT2D eigenvalue weighted by atomic mass is 9.87. The molecule has 4 aromatic rings. The Morgan fingerprint density at radius 1 is 1.14 bits per heavy atom. The highest BCUT2D eigenvalue weighted by Crippen LogP contribution is 2.37. The number of carbonyl (C=O) groups excluding carboxylic acids is 1. The van der Waals surface area contributed by atoms with Gasteiger partial charge in [-0.3, -0.25) is 4.79 Å². The Balaban J connectivity index is 1.71. The molecule has 0 aliphatic heterocycles. The van der Waals surface area contributed by atoms with Crippen LogP contribution in [0.3, 0.4) is 0 Å². The van der Waals surface area contributed by atoms with Crippen molar-refractivity contribution >= 4 is 11.4 Å². The van der Waals surface area contributed by atoms with Crippen molar-refractivity contribution in [2.75, 3.05) is 7.11 Å². The number of ether oxygens (including phenoxy) is 1. The highest BCUT2D eigenvalue weighted by atomic mass is 16.5. The molecule has 0 amide bonds. The molecule has 1 aliphatic rings. The van der Waals surface area contributed by atoms with Crippen LogP contribution in [0.4, 0.5) is 0 Å². The van der Waals surface area contributed by atoms with E-state index in [9.17, 15) is 4.79 Å². The van der Waals surface area contributed by atoms with Crippen molar-refractivity contribution < 1.29 is 13.9 Å². The summed E-state index contributed by atoms with van der Waals surface area (Å²) in [6, 6.07) is 11.5. The zero-order valence-electron chi connectivity index (χ0n) is 15.5. The molecule has 28 heavy (non-hydrogen) atoms. The Kier molecular flexibility index (Phi) is 3.75. The van der Waals surface area contributed by atoms with Crippen LogP contribution in [-0.2, 0) is 6.42 Å². The lowest BCUT2D eigenvalue weighted by Crippen LogP contribution is -2.24. The minimum Gasteiger partial charge on any atom is -0.496 e. The molecule has 0 bridgehead atoms. The summed E-state index contributed by atoms with van der Waals surface area (Å²) in [5.41, 5.74) is 4.35. The third kappa shape index (κ3) is 2.43. The second-order valence-corrected chi connectivity index (χ2v) is 6.94. The maximum atomic E-state index is 12.7. The Morgan fingerprint density at radius 2 is 2.00 bits per heavy atom. The molecule has 0 saturated heterocycles. The molecule has 7 nitrogen and oxygen atoms in total. The summed E-state index contributed by atoms with van der Waals surface area (Å²) in [5, 5.41) is 13.3. The molecule has 0 spiro atoms. The first kappa shape index (κ1) is 16.7. The van der Waals surface area contributed by atoms with Crippen LogP contribution >= 0.6 is 0 Å². The average molecular weight is 374 g/mol. The summed E-state index contributed by atoms with van der Waals surface area (Å²) < 4.78 is 12.8. The number of fused-ring (bicyclic) bond motifs is 3. The summed E-state index contributed by atoms with van der Waals surface area (Å²) >= 11 is 0. The van der Waals surface area contributed by atoms with Gasteiger partial charge in [-0.2, -0.15) is 5.10 Å². The molecular weight excluding hydrogens is 356 g/mol. The predicted molar refractivity (Wildman–Crippen MR) is 102 cm³/mol. The smallest absolute Gasteiger partial charge is 0.185 e. The van der Waals surface area contributed by atoms with Gasteiger partial charge in [0, 0.05) is 24.3 Å². The Labute approximate surface area is 161 Å². The lowest BCUT2D eigenvalue weighted by Gasteiger charge is -2.21. The molecule has 0 fully saturated rings. The third-order valence-corrected chi connectivity index (χ3v) is 5.27. The standard InChI is InChI=1S/C21H18N4O3/c1-12-19(14-6-3-4-7-18(14)27-2)21-23-22-20-15(25(21)24-12)10-13(11-16(20)26)17-8-5-9-28-17/h3-9,13H,10-11H2,1-2H3/t13-/m1/s1. The lowest BCUT2D eigenvalue weighted by molar-refractivity contribution is 0.0951. The molecule has 3 aromatic heterocycles. The van der Waals surface area contributed by atoms with Crippen LogP contribution in [0.1, 0.15) is 40.0 Å².